The Balaban J connectivity index is 0.000000204. The third-order valence-electron chi connectivity index (χ3n) is 12.1. The van der Waals surface area contributed by atoms with Gasteiger partial charge in [0, 0.05) is 10.0 Å². The second-order valence-electron chi connectivity index (χ2n) is 18.0. The Bertz CT molecular complexity index is 1990. The maximum Gasteiger partial charge on any atom is 0.335 e. The zero-order chi connectivity index (χ0) is 38.3. The highest BCUT2D eigenvalue weighted by atomic mass is 79.9. The first kappa shape index (κ1) is 39.2. The molecule has 5 heteroatoms. The van der Waals surface area contributed by atoms with E-state index in [1.165, 1.54) is 70.2 Å². The maximum atomic E-state index is 11.2. The first-order valence-electron chi connectivity index (χ1n) is 19.2. The predicted molar refractivity (Wildman–Crippen MR) is 222 cm³/mol. The summed E-state index contributed by atoms with van der Waals surface area (Å²) in [6, 6.07) is 25.3. The molecule has 280 valence electrons. The van der Waals surface area contributed by atoms with Crippen LogP contribution in [0.4, 0.5) is 0 Å². The van der Waals surface area contributed by atoms with Gasteiger partial charge in [0.25, 0.3) is 0 Å². The van der Waals surface area contributed by atoms with E-state index in [1.807, 2.05) is 12.1 Å². The lowest BCUT2D eigenvalue weighted by Gasteiger charge is -2.42. The second kappa shape index (κ2) is 15.0. The Morgan fingerprint density at radius 3 is 1.72 bits per heavy atom. The Morgan fingerprint density at radius 2 is 1.19 bits per heavy atom. The minimum atomic E-state index is -0.898. The number of benzene rings is 4. The molecule has 4 aromatic carbocycles. The van der Waals surface area contributed by atoms with Crippen molar-refractivity contribution in [2.75, 3.05) is 13.2 Å². The van der Waals surface area contributed by atoms with E-state index >= 15 is 0 Å². The molecule has 0 spiro atoms. The normalized spacial score (nSPS) is 19.6. The quantitative estimate of drug-likeness (QED) is 0.198. The van der Waals surface area contributed by atoms with Gasteiger partial charge in [-0.3, -0.25) is 0 Å². The van der Waals surface area contributed by atoms with E-state index in [0.717, 1.165) is 22.0 Å². The fourth-order valence-corrected chi connectivity index (χ4v) is 8.69. The van der Waals surface area contributed by atoms with Crippen LogP contribution in [0.1, 0.15) is 153 Å². The molecule has 0 atom stereocenters. The highest BCUT2D eigenvalue weighted by molar-refractivity contribution is 9.10. The Kier molecular flexibility index (Phi) is 11.1. The number of carboxylic acid groups (broad SMARTS) is 1. The average Bonchev–Trinajstić information content (AvgIpc) is 3.65. The lowest BCUT2D eigenvalue weighted by Crippen LogP contribution is -2.34. The van der Waals surface area contributed by atoms with Crippen LogP contribution in [0, 0.1) is 6.92 Å². The summed E-state index contributed by atoms with van der Waals surface area (Å²) in [7, 11) is 0. The third kappa shape index (κ3) is 8.58. The molecule has 1 aliphatic heterocycles. The standard InChI is InChI=1S/C31H34O2.C17H23BrO2/c1-21-6-8-23(9-7-21)18-26-20-28-27(30(2,3)16-17-31(28,4)5)19-25(26)15-12-22-10-13-24(14-11-22)29(32)33;1-16(2)5-6-17(3,4)13-10-14(18)11(9-12(13)16)15-19-7-8-20-15/h6-15,19-20H,16-18H2,1-5H3,(H,32,33);9-10,15H,5-8H2,1-4H3/b15-12+;. The fraction of sp³-hybridized carbons (Fsp3) is 0.438. The summed E-state index contributed by atoms with van der Waals surface area (Å²) in [6.07, 6.45) is 9.80. The van der Waals surface area contributed by atoms with Gasteiger partial charge in [-0.15, -0.1) is 0 Å². The van der Waals surface area contributed by atoms with Gasteiger partial charge in [-0.25, -0.2) is 4.79 Å². The Labute approximate surface area is 326 Å². The van der Waals surface area contributed by atoms with E-state index in [-0.39, 0.29) is 27.9 Å². The highest BCUT2D eigenvalue weighted by Crippen LogP contribution is 2.49. The fourth-order valence-electron chi connectivity index (χ4n) is 8.16. The van der Waals surface area contributed by atoms with Crippen molar-refractivity contribution >= 4 is 34.1 Å². The van der Waals surface area contributed by atoms with E-state index < -0.39 is 5.97 Å². The molecule has 4 aromatic rings. The number of hydrogen-bond donors (Lipinski definition) is 1. The van der Waals surface area contributed by atoms with Crippen molar-refractivity contribution in [2.24, 2.45) is 0 Å². The van der Waals surface area contributed by atoms with Crippen LogP contribution in [-0.2, 0) is 37.6 Å². The van der Waals surface area contributed by atoms with Crippen LogP contribution in [-0.4, -0.2) is 24.3 Å². The topological polar surface area (TPSA) is 55.8 Å². The minimum Gasteiger partial charge on any atom is -0.478 e. The molecule has 0 saturated carbocycles. The zero-order valence-corrected chi connectivity index (χ0v) is 34.7. The van der Waals surface area contributed by atoms with Crippen LogP contribution in [0.5, 0.6) is 0 Å². The van der Waals surface area contributed by atoms with Crippen LogP contribution < -0.4 is 0 Å². The molecule has 4 nitrogen and oxygen atoms in total. The number of carboxylic acids is 1. The van der Waals surface area contributed by atoms with E-state index in [4.69, 9.17) is 14.6 Å². The average molecular weight is 778 g/mol. The van der Waals surface area contributed by atoms with Crippen LogP contribution in [0.25, 0.3) is 12.2 Å². The summed E-state index contributed by atoms with van der Waals surface area (Å²) in [6.45, 7) is 22.3. The van der Waals surface area contributed by atoms with Gasteiger partial charge in [0.1, 0.15) is 0 Å². The summed E-state index contributed by atoms with van der Waals surface area (Å²) in [5.41, 5.74) is 14.2. The molecular weight excluding hydrogens is 720 g/mol. The third-order valence-corrected chi connectivity index (χ3v) is 12.8. The molecule has 2 aliphatic carbocycles. The van der Waals surface area contributed by atoms with Crippen molar-refractivity contribution < 1.29 is 19.4 Å². The number of carbonyl (C=O) groups is 1. The number of aryl methyl sites for hydroxylation is 1. The number of fused-ring (bicyclic) bond motifs is 2. The SMILES string of the molecule is CC1(C)CCC(C)(C)c2cc(C3OCCO3)c(Br)cc21.Cc1ccc(Cc2cc3c(cc2/C=C/c2ccc(C(=O)O)cc2)C(C)(C)CCC3(C)C)cc1. The highest BCUT2D eigenvalue weighted by Gasteiger charge is 2.39. The van der Waals surface area contributed by atoms with E-state index in [9.17, 15) is 4.79 Å². The molecule has 0 bridgehead atoms. The van der Waals surface area contributed by atoms with Gasteiger partial charge in [-0.1, -0.05) is 138 Å². The summed E-state index contributed by atoms with van der Waals surface area (Å²) >= 11 is 3.71. The van der Waals surface area contributed by atoms with Gasteiger partial charge in [-0.05, 0) is 129 Å². The molecule has 0 unspecified atom stereocenters. The maximum absolute atomic E-state index is 11.2. The number of halogens is 1. The summed E-state index contributed by atoms with van der Waals surface area (Å²) in [5.74, 6) is -0.898. The lowest BCUT2D eigenvalue weighted by atomic mass is 9.62. The van der Waals surface area contributed by atoms with E-state index in [0.29, 0.717) is 18.8 Å². The lowest BCUT2D eigenvalue weighted by molar-refractivity contribution is -0.0447. The molecule has 1 heterocycles. The summed E-state index contributed by atoms with van der Waals surface area (Å²) < 4.78 is 12.5. The molecule has 7 rings (SSSR count). The van der Waals surface area contributed by atoms with Crippen molar-refractivity contribution in [1.82, 2.24) is 0 Å². The second-order valence-corrected chi connectivity index (χ2v) is 18.9. The zero-order valence-electron chi connectivity index (χ0n) is 33.2. The van der Waals surface area contributed by atoms with Crippen LogP contribution >= 0.6 is 15.9 Å². The number of hydrogen-bond acceptors (Lipinski definition) is 3. The first-order chi connectivity index (χ1) is 24.9. The van der Waals surface area contributed by atoms with Gasteiger partial charge in [0.15, 0.2) is 6.29 Å². The number of ether oxygens (including phenoxy) is 2. The van der Waals surface area contributed by atoms with Crippen molar-refractivity contribution in [1.29, 1.82) is 0 Å². The predicted octanol–water partition coefficient (Wildman–Crippen LogP) is 12.6. The molecular formula is C48H57BrO4. The van der Waals surface area contributed by atoms with Gasteiger partial charge >= 0.3 is 5.97 Å². The summed E-state index contributed by atoms with van der Waals surface area (Å²) in [5, 5.41) is 9.16. The van der Waals surface area contributed by atoms with Gasteiger partial charge in [0.05, 0.1) is 18.8 Å². The molecule has 0 amide bonds. The monoisotopic (exact) mass is 776 g/mol. The molecule has 1 fully saturated rings. The largest absolute Gasteiger partial charge is 0.478 e. The van der Waals surface area contributed by atoms with Crippen LogP contribution in [0.2, 0.25) is 0 Å². The number of aromatic carboxylic acids is 1. The first-order valence-corrected chi connectivity index (χ1v) is 20.0. The van der Waals surface area contributed by atoms with Crippen molar-refractivity contribution in [2.45, 2.75) is 122 Å². The molecule has 1 saturated heterocycles. The minimum absolute atomic E-state index is 0.152. The molecule has 3 aliphatic rings. The smallest absolute Gasteiger partial charge is 0.335 e. The van der Waals surface area contributed by atoms with Gasteiger partial charge in [0.2, 0.25) is 0 Å². The molecule has 1 N–H and O–H groups in total. The van der Waals surface area contributed by atoms with Crippen molar-refractivity contribution in [3.63, 3.8) is 0 Å². The van der Waals surface area contributed by atoms with Crippen molar-refractivity contribution in [3.8, 4) is 0 Å². The summed E-state index contributed by atoms with van der Waals surface area (Å²) in [4.78, 5) is 11.2. The molecule has 53 heavy (non-hydrogen) atoms. The number of rotatable bonds is 6. The van der Waals surface area contributed by atoms with Crippen LogP contribution in [0.15, 0.2) is 77.3 Å². The van der Waals surface area contributed by atoms with Crippen LogP contribution in [0.3, 0.4) is 0 Å². The molecule has 0 aromatic heterocycles. The van der Waals surface area contributed by atoms with Gasteiger partial charge < -0.3 is 14.6 Å². The van der Waals surface area contributed by atoms with E-state index in [2.05, 4.69) is 139 Å². The van der Waals surface area contributed by atoms with Crippen molar-refractivity contribution in [3.05, 3.63) is 138 Å². The van der Waals surface area contributed by atoms with E-state index in [1.54, 1.807) is 12.1 Å². The molecule has 0 radical (unpaired) electrons. The Hall–Kier alpha value is -3.51. The Morgan fingerprint density at radius 1 is 0.698 bits per heavy atom. The van der Waals surface area contributed by atoms with Gasteiger partial charge in [-0.2, -0.15) is 0 Å².